The zero-order chi connectivity index (χ0) is 10.7. The van der Waals surface area contributed by atoms with E-state index in [1.54, 1.807) is 0 Å². The molecular formula is C13H14O2. The summed E-state index contributed by atoms with van der Waals surface area (Å²) < 4.78 is 5.39. The van der Waals surface area contributed by atoms with Gasteiger partial charge in [-0.1, -0.05) is 30.3 Å². The average molecular weight is 202 g/mol. The second-order valence-electron chi connectivity index (χ2n) is 3.61. The van der Waals surface area contributed by atoms with Crippen LogP contribution in [0.25, 0.3) is 0 Å². The van der Waals surface area contributed by atoms with Crippen LogP contribution < -0.4 is 0 Å². The van der Waals surface area contributed by atoms with Crippen molar-refractivity contribution in [2.24, 2.45) is 0 Å². The molecule has 2 aromatic rings. The normalized spacial score (nSPS) is 10.5. The number of hydrogen-bond donors (Lipinski definition) is 1. The van der Waals surface area contributed by atoms with Gasteiger partial charge in [-0.25, -0.2) is 0 Å². The summed E-state index contributed by atoms with van der Waals surface area (Å²) in [5, 5.41) is 8.95. The highest BCUT2D eigenvalue weighted by Gasteiger charge is 2.06. The summed E-state index contributed by atoms with van der Waals surface area (Å²) >= 11 is 0. The van der Waals surface area contributed by atoms with Gasteiger partial charge < -0.3 is 9.52 Å². The van der Waals surface area contributed by atoms with Gasteiger partial charge in [-0.2, -0.15) is 0 Å². The predicted molar refractivity (Wildman–Crippen MR) is 58.6 cm³/mol. The maximum absolute atomic E-state index is 8.95. The number of rotatable bonds is 3. The second-order valence-corrected chi connectivity index (χ2v) is 3.61. The van der Waals surface area contributed by atoms with Crippen LogP contribution in [0.3, 0.4) is 0 Å². The van der Waals surface area contributed by atoms with Gasteiger partial charge in [0.1, 0.15) is 18.1 Å². The van der Waals surface area contributed by atoms with E-state index in [4.69, 9.17) is 9.52 Å². The van der Waals surface area contributed by atoms with Crippen molar-refractivity contribution in [1.29, 1.82) is 0 Å². The van der Waals surface area contributed by atoms with E-state index < -0.39 is 0 Å². The Hall–Kier alpha value is -1.54. The Labute approximate surface area is 89.2 Å². The Morgan fingerprint density at radius 3 is 2.53 bits per heavy atom. The summed E-state index contributed by atoms with van der Waals surface area (Å²) in [5.74, 6) is 1.53. The van der Waals surface area contributed by atoms with Crippen molar-refractivity contribution < 1.29 is 9.52 Å². The number of benzene rings is 1. The van der Waals surface area contributed by atoms with E-state index >= 15 is 0 Å². The topological polar surface area (TPSA) is 33.4 Å². The minimum Gasteiger partial charge on any atom is -0.464 e. The number of furan rings is 1. The van der Waals surface area contributed by atoms with Crippen molar-refractivity contribution in [3.8, 4) is 0 Å². The molecule has 1 aromatic heterocycles. The molecule has 2 heteroatoms. The molecule has 1 heterocycles. The van der Waals surface area contributed by atoms with Crippen LogP contribution >= 0.6 is 0 Å². The molecule has 0 aliphatic heterocycles. The van der Waals surface area contributed by atoms with Crippen LogP contribution in [-0.2, 0) is 13.0 Å². The number of aliphatic hydroxyl groups is 1. The van der Waals surface area contributed by atoms with Gasteiger partial charge in [0.2, 0.25) is 0 Å². The van der Waals surface area contributed by atoms with E-state index in [2.05, 4.69) is 12.1 Å². The molecule has 0 aliphatic rings. The molecule has 78 valence electrons. The quantitative estimate of drug-likeness (QED) is 0.830. The van der Waals surface area contributed by atoms with E-state index in [0.29, 0.717) is 5.76 Å². The van der Waals surface area contributed by atoms with Crippen LogP contribution in [-0.4, -0.2) is 5.11 Å². The largest absolute Gasteiger partial charge is 0.464 e. The number of aliphatic hydroxyl groups excluding tert-OH is 1. The van der Waals surface area contributed by atoms with Crippen LogP contribution in [0, 0.1) is 6.92 Å². The molecule has 0 bridgehead atoms. The molecule has 0 unspecified atom stereocenters. The van der Waals surface area contributed by atoms with Gasteiger partial charge in [0.05, 0.1) is 0 Å². The third kappa shape index (κ3) is 2.28. The maximum atomic E-state index is 8.95. The molecule has 0 spiro atoms. The van der Waals surface area contributed by atoms with Crippen LogP contribution in [0.15, 0.2) is 40.8 Å². The lowest BCUT2D eigenvalue weighted by Gasteiger charge is -1.98. The molecule has 0 radical (unpaired) electrons. The molecule has 15 heavy (non-hydrogen) atoms. The minimum atomic E-state index is -0.0321. The third-order valence-corrected chi connectivity index (χ3v) is 2.46. The van der Waals surface area contributed by atoms with Crippen molar-refractivity contribution in [3.05, 3.63) is 59.0 Å². The van der Waals surface area contributed by atoms with Crippen molar-refractivity contribution in [2.75, 3.05) is 0 Å². The van der Waals surface area contributed by atoms with Crippen LogP contribution in [0.1, 0.15) is 22.6 Å². The summed E-state index contributed by atoms with van der Waals surface area (Å²) in [4.78, 5) is 0. The Kier molecular flexibility index (Phi) is 2.88. The molecule has 0 atom stereocenters. The number of aryl methyl sites for hydroxylation is 1. The predicted octanol–water partition coefficient (Wildman–Crippen LogP) is 2.67. The highest BCUT2D eigenvalue weighted by Crippen LogP contribution is 2.18. The first-order chi connectivity index (χ1) is 7.29. The minimum absolute atomic E-state index is 0.0321. The molecule has 0 saturated heterocycles. The third-order valence-electron chi connectivity index (χ3n) is 2.46. The molecule has 2 nitrogen and oxygen atoms in total. The van der Waals surface area contributed by atoms with E-state index in [0.717, 1.165) is 17.7 Å². The van der Waals surface area contributed by atoms with Gasteiger partial charge >= 0.3 is 0 Å². The van der Waals surface area contributed by atoms with Gasteiger partial charge in [-0.05, 0) is 24.1 Å². The zero-order valence-corrected chi connectivity index (χ0v) is 8.73. The Morgan fingerprint density at radius 2 is 1.93 bits per heavy atom. The van der Waals surface area contributed by atoms with Gasteiger partial charge in [-0.15, -0.1) is 0 Å². The summed E-state index contributed by atoms with van der Waals surface area (Å²) in [6.07, 6.45) is 0.857. The van der Waals surface area contributed by atoms with Crippen molar-refractivity contribution in [2.45, 2.75) is 20.0 Å². The Balaban J connectivity index is 2.21. The van der Waals surface area contributed by atoms with E-state index in [1.807, 2.05) is 31.2 Å². The summed E-state index contributed by atoms with van der Waals surface area (Å²) in [7, 11) is 0. The fourth-order valence-corrected chi connectivity index (χ4v) is 1.66. The van der Waals surface area contributed by atoms with Gasteiger partial charge in [0, 0.05) is 6.42 Å². The highest BCUT2D eigenvalue weighted by atomic mass is 16.4. The maximum Gasteiger partial charge on any atom is 0.129 e. The molecule has 0 amide bonds. The molecular weight excluding hydrogens is 188 g/mol. The van der Waals surface area contributed by atoms with Crippen LogP contribution in [0.2, 0.25) is 0 Å². The standard InChI is InChI=1S/C13H14O2/c1-10-12(8-13(9-14)15-10)7-11-5-3-2-4-6-11/h2-6,8,14H,7,9H2,1H3. The molecule has 1 aromatic carbocycles. The lowest BCUT2D eigenvalue weighted by Crippen LogP contribution is -1.86. The van der Waals surface area contributed by atoms with Gasteiger partial charge in [0.25, 0.3) is 0 Å². The Bertz CT molecular complexity index is 429. The fraction of sp³-hybridized carbons (Fsp3) is 0.231. The van der Waals surface area contributed by atoms with Crippen LogP contribution in [0.4, 0.5) is 0 Å². The first kappa shape index (κ1) is 9.99. The molecule has 2 rings (SSSR count). The summed E-state index contributed by atoms with van der Waals surface area (Å²) in [5.41, 5.74) is 2.40. The lowest BCUT2D eigenvalue weighted by atomic mass is 10.1. The monoisotopic (exact) mass is 202 g/mol. The second kappa shape index (κ2) is 4.32. The molecule has 0 fully saturated rings. The van der Waals surface area contributed by atoms with Gasteiger partial charge in [-0.3, -0.25) is 0 Å². The lowest BCUT2D eigenvalue weighted by molar-refractivity contribution is 0.245. The average Bonchev–Trinajstić information content (AvgIpc) is 2.61. The first-order valence-electron chi connectivity index (χ1n) is 5.02. The van der Waals surface area contributed by atoms with Crippen molar-refractivity contribution in [3.63, 3.8) is 0 Å². The van der Waals surface area contributed by atoms with Gasteiger partial charge in [0.15, 0.2) is 0 Å². The van der Waals surface area contributed by atoms with E-state index in [9.17, 15) is 0 Å². The SMILES string of the molecule is Cc1oc(CO)cc1Cc1ccccc1. The number of hydrogen-bond acceptors (Lipinski definition) is 2. The van der Waals surface area contributed by atoms with E-state index in [-0.39, 0.29) is 6.61 Å². The van der Waals surface area contributed by atoms with Crippen LogP contribution in [0.5, 0.6) is 0 Å². The first-order valence-corrected chi connectivity index (χ1v) is 5.02. The van der Waals surface area contributed by atoms with Crippen molar-refractivity contribution >= 4 is 0 Å². The summed E-state index contributed by atoms with van der Waals surface area (Å²) in [6.45, 7) is 1.90. The molecule has 1 N–H and O–H groups in total. The molecule has 0 saturated carbocycles. The zero-order valence-electron chi connectivity index (χ0n) is 8.73. The summed E-state index contributed by atoms with van der Waals surface area (Å²) in [6, 6.07) is 12.2. The fourth-order valence-electron chi connectivity index (χ4n) is 1.66. The highest BCUT2D eigenvalue weighted by molar-refractivity contribution is 5.28. The smallest absolute Gasteiger partial charge is 0.129 e. The molecule has 0 aliphatic carbocycles. The van der Waals surface area contributed by atoms with Crippen molar-refractivity contribution in [1.82, 2.24) is 0 Å². The Morgan fingerprint density at radius 1 is 1.20 bits per heavy atom. The van der Waals surface area contributed by atoms with E-state index in [1.165, 1.54) is 5.56 Å².